The van der Waals surface area contributed by atoms with Crippen LogP contribution in [0.2, 0.25) is 0 Å². The van der Waals surface area contributed by atoms with Crippen molar-refractivity contribution in [1.29, 1.82) is 0 Å². The number of hydrogen-bond donors (Lipinski definition) is 0. The molecule has 0 fully saturated rings. The third-order valence-electron chi connectivity index (χ3n) is 3.46. The lowest BCUT2D eigenvalue weighted by atomic mass is 9.89. The first kappa shape index (κ1) is 12.4. The highest BCUT2D eigenvalue weighted by Crippen LogP contribution is 2.33. The molecule has 19 heavy (non-hydrogen) atoms. The minimum Gasteiger partial charge on any atom is -0.469 e. The van der Waals surface area contributed by atoms with Crippen LogP contribution in [0.25, 0.3) is 0 Å². The predicted molar refractivity (Wildman–Crippen MR) is 74.3 cm³/mol. The molecule has 1 aliphatic rings. The fourth-order valence-corrected chi connectivity index (χ4v) is 2.69. The van der Waals surface area contributed by atoms with Gasteiger partial charge in [-0.25, -0.2) is 9.97 Å². The van der Waals surface area contributed by atoms with Crippen molar-refractivity contribution in [3.8, 4) is 5.88 Å². The van der Waals surface area contributed by atoms with E-state index in [1.165, 1.54) is 17.5 Å². The Bertz CT molecular complexity index is 574. The summed E-state index contributed by atoms with van der Waals surface area (Å²) in [5.41, 5.74) is 3.49. The van der Waals surface area contributed by atoms with Gasteiger partial charge in [0.25, 0.3) is 0 Å². The van der Waals surface area contributed by atoms with E-state index in [1.807, 2.05) is 0 Å². The maximum atomic E-state index is 6.07. The van der Waals surface area contributed by atoms with Crippen LogP contribution in [0, 0.1) is 0 Å². The molecular weight excluding hydrogens is 260 g/mol. The summed E-state index contributed by atoms with van der Waals surface area (Å²) in [4.78, 5) is 8.18. The Labute approximate surface area is 117 Å². The molecule has 0 spiro atoms. The van der Waals surface area contributed by atoms with Gasteiger partial charge in [0, 0.05) is 11.8 Å². The normalized spacial score (nSPS) is 17.8. The number of aryl methyl sites for hydroxylation is 1. The number of aromatic nitrogens is 2. The fourth-order valence-electron chi connectivity index (χ4n) is 2.51. The van der Waals surface area contributed by atoms with Gasteiger partial charge in [0.15, 0.2) is 0 Å². The first-order chi connectivity index (χ1) is 9.38. The molecule has 0 aliphatic heterocycles. The van der Waals surface area contributed by atoms with Crippen molar-refractivity contribution in [2.24, 2.45) is 0 Å². The summed E-state index contributed by atoms with van der Waals surface area (Å²) >= 11 is 5.89. The van der Waals surface area contributed by atoms with Crippen LogP contribution in [0.4, 0.5) is 0 Å². The lowest BCUT2D eigenvalue weighted by Gasteiger charge is -2.26. The number of hydrogen-bond acceptors (Lipinski definition) is 3. The van der Waals surface area contributed by atoms with Crippen LogP contribution in [0.15, 0.2) is 36.8 Å². The van der Waals surface area contributed by atoms with Crippen LogP contribution >= 0.6 is 11.6 Å². The Morgan fingerprint density at radius 3 is 3.11 bits per heavy atom. The Balaban J connectivity index is 1.88. The highest BCUT2D eigenvalue weighted by atomic mass is 35.5. The SMILES string of the molecule is ClCc1cncnc1OC1CCCc2ccccc21. The van der Waals surface area contributed by atoms with Crippen LogP contribution in [-0.2, 0) is 12.3 Å². The molecule has 3 rings (SSSR count). The van der Waals surface area contributed by atoms with E-state index in [1.54, 1.807) is 6.20 Å². The zero-order valence-corrected chi connectivity index (χ0v) is 11.3. The summed E-state index contributed by atoms with van der Waals surface area (Å²) in [5, 5.41) is 0. The van der Waals surface area contributed by atoms with Crippen molar-refractivity contribution in [1.82, 2.24) is 9.97 Å². The monoisotopic (exact) mass is 274 g/mol. The van der Waals surface area contributed by atoms with Crippen LogP contribution < -0.4 is 4.74 Å². The van der Waals surface area contributed by atoms with Crippen LogP contribution in [0.1, 0.15) is 35.6 Å². The highest BCUT2D eigenvalue weighted by Gasteiger charge is 2.22. The Morgan fingerprint density at radius 2 is 2.21 bits per heavy atom. The van der Waals surface area contributed by atoms with Gasteiger partial charge in [0.2, 0.25) is 5.88 Å². The average molecular weight is 275 g/mol. The summed E-state index contributed by atoms with van der Waals surface area (Å²) in [6.45, 7) is 0. The largest absolute Gasteiger partial charge is 0.469 e. The first-order valence-corrected chi connectivity index (χ1v) is 7.01. The molecule has 0 radical (unpaired) electrons. The Kier molecular flexibility index (Phi) is 3.65. The zero-order valence-electron chi connectivity index (χ0n) is 10.6. The van der Waals surface area contributed by atoms with Crippen molar-refractivity contribution in [2.45, 2.75) is 31.2 Å². The maximum absolute atomic E-state index is 6.07. The third-order valence-corrected chi connectivity index (χ3v) is 3.75. The van der Waals surface area contributed by atoms with Gasteiger partial charge in [-0.05, 0) is 30.4 Å². The van der Waals surface area contributed by atoms with Crippen molar-refractivity contribution < 1.29 is 4.74 Å². The van der Waals surface area contributed by atoms with Gasteiger partial charge in [0.1, 0.15) is 12.4 Å². The number of benzene rings is 1. The molecule has 1 aromatic carbocycles. The summed E-state index contributed by atoms with van der Waals surface area (Å²) in [6.07, 6.45) is 6.57. The Hall–Kier alpha value is -1.61. The summed E-state index contributed by atoms with van der Waals surface area (Å²) in [6, 6.07) is 8.45. The van der Waals surface area contributed by atoms with Crippen molar-refractivity contribution in [3.63, 3.8) is 0 Å². The molecule has 0 saturated carbocycles. The second-order valence-electron chi connectivity index (χ2n) is 4.68. The number of fused-ring (bicyclic) bond motifs is 1. The standard InChI is InChI=1S/C15H15ClN2O/c16-8-12-9-17-10-18-15(12)19-14-7-3-5-11-4-1-2-6-13(11)14/h1-2,4,6,9-10,14H,3,5,7-8H2. The van der Waals surface area contributed by atoms with Crippen molar-refractivity contribution in [3.05, 3.63) is 53.5 Å². The summed E-state index contributed by atoms with van der Waals surface area (Å²) in [7, 11) is 0. The number of halogens is 1. The van der Waals surface area contributed by atoms with Gasteiger partial charge < -0.3 is 4.74 Å². The van der Waals surface area contributed by atoms with Gasteiger partial charge >= 0.3 is 0 Å². The Morgan fingerprint density at radius 1 is 1.32 bits per heavy atom. The molecular formula is C15H15ClN2O. The van der Waals surface area contributed by atoms with Gasteiger partial charge in [-0.1, -0.05) is 24.3 Å². The van der Waals surface area contributed by atoms with Crippen molar-refractivity contribution in [2.75, 3.05) is 0 Å². The van der Waals surface area contributed by atoms with Crippen LogP contribution in [0.5, 0.6) is 5.88 Å². The quantitative estimate of drug-likeness (QED) is 0.801. The minimum atomic E-state index is 0.0711. The van der Waals surface area contributed by atoms with Crippen molar-refractivity contribution >= 4 is 11.6 Å². The number of alkyl halides is 1. The molecule has 0 bridgehead atoms. The summed E-state index contributed by atoms with van der Waals surface area (Å²) in [5.74, 6) is 0.969. The van der Waals surface area contributed by atoms with E-state index >= 15 is 0 Å². The van der Waals surface area contributed by atoms with E-state index < -0.39 is 0 Å². The van der Waals surface area contributed by atoms with Crippen LogP contribution in [-0.4, -0.2) is 9.97 Å². The molecule has 1 heterocycles. The second kappa shape index (κ2) is 5.57. The van der Waals surface area contributed by atoms with Gasteiger partial charge in [-0.2, -0.15) is 0 Å². The second-order valence-corrected chi connectivity index (χ2v) is 4.95. The smallest absolute Gasteiger partial charge is 0.221 e. The van der Waals surface area contributed by atoms with E-state index in [2.05, 4.69) is 34.2 Å². The molecule has 98 valence electrons. The summed E-state index contributed by atoms with van der Waals surface area (Å²) < 4.78 is 6.07. The van der Waals surface area contributed by atoms with E-state index in [9.17, 15) is 0 Å². The topological polar surface area (TPSA) is 35.0 Å². The van der Waals surface area contributed by atoms with Crippen LogP contribution in [0.3, 0.4) is 0 Å². The van der Waals surface area contributed by atoms with Gasteiger partial charge in [0.05, 0.1) is 5.88 Å². The predicted octanol–water partition coefficient (Wildman–Crippen LogP) is 3.67. The van der Waals surface area contributed by atoms with Gasteiger partial charge in [-0.15, -0.1) is 11.6 Å². The maximum Gasteiger partial charge on any atom is 0.221 e. The molecule has 0 N–H and O–H groups in total. The van der Waals surface area contributed by atoms with E-state index in [0.717, 1.165) is 24.8 Å². The lowest BCUT2D eigenvalue weighted by Crippen LogP contribution is -2.16. The van der Waals surface area contributed by atoms with E-state index in [-0.39, 0.29) is 6.10 Å². The molecule has 4 heteroatoms. The molecule has 2 aromatic rings. The number of ether oxygens (including phenoxy) is 1. The molecule has 1 unspecified atom stereocenters. The fraction of sp³-hybridized carbons (Fsp3) is 0.333. The lowest BCUT2D eigenvalue weighted by molar-refractivity contribution is 0.174. The molecule has 1 atom stereocenters. The molecule has 0 amide bonds. The number of rotatable bonds is 3. The average Bonchev–Trinajstić information content (AvgIpc) is 2.48. The highest BCUT2D eigenvalue weighted by molar-refractivity contribution is 6.17. The van der Waals surface area contributed by atoms with Gasteiger partial charge in [-0.3, -0.25) is 0 Å². The molecule has 3 nitrogen and oxygen atoms in total. The van der Waals surface area contributed by atoms with E-state index in [0.29, 0.717) is 11.8 Å². The first-order valence-electron chi connectivity index (χ1n) is 6.48. The molecule has 1 aliphatic carbocycles. The molecule has 1 aromatic heterocycles. The zero-order chi connectivity index (χ0) is 13.1. The number of nitrogens with zero attached hydrogens (tertiary/aromatic N) is 2. The minimum absolute atomic E-state index is 0.0711. The molecule has 0 saturated heterocycles. The van der Waals surface area contributed by atoms with E-state index in [4.69, 9.17) is 16.3 Å². The third kappa shape index (κ3) is 2.56.